The van der Waals surface area contributed by atoms with Crippen molar-refractivity contribution in [3.63, 3.8) is 0 Å². The fraction of sp³-hybridized carbons (Fsp3) is 0.333. The molecule has 0 saturated heterocycles. The molecule has 0 radical (unpaired) electrons. The molecule has 0 amide bonds. The third-order valence-electron chi connectivity index (χ3n) is 3.40. The summed E-state index contributed by atoms with van der Waals surface area (Å²) in [6.07, 6.45) is 1.44. The van der Waals surface area contributed by atoms with Crippen LogP contribution in [0.5, 0.6) is 0 Å². The van der Waals surface area contributed by atoms with Gasteiger partial charge in [-0.3, -0.25) is 9.28 Å². The Morgan fingerprint density at radius 1 is 1.41 bits per heavy atom. The molecular weight excluding hydrogens is 294 g/mol. The summed E-state index contributed by atoms with van der Waals surface area (Å²) in [5.74, 6) is -2.17. The van der Waals surface area contributed by atoms with Gasteiger partial charge in [0.1, 0.15) is 13.1 Å². The van der Waals surface area contributed by atoms with E-state index in [0.29, 0.717) is 5.56 Å². The SMILES string of the molecule is COC(O)C1=CN=C[N+](C)(Cc2ccc(F)c(F)c2)CC1=O. The van der Waals surface area contributed by atoms with Gasteiger partial charge in [0.05, 0.1) is 12.6 Å². The molecule has 1 aliphatic heterocycles. The van der Waals surface area contributed by atoms with Crippen LogP contribution in [0.4, 0.5) is 8.78 Å². The fourth-order valence-electron chi connectivity index (χ4n) is 2.29. The van der Waals surface area contributed by atoms with E-state index in [4.69, 9.17) is 4.74 Å². The number of ether oxygens (including phenoxy) is 1. The molecule has 0 fully saturated rings. The monoisotopic (exact) mass is 311 g/mol. The highest BCUT2D eigenvalue weighted by Gasteiger charge is 2.31. The Morgan fingerprint density at radius 3 is 2.77 bits per heavy atom. The number of rotatable bonds is 4. The van der Waals surface area contributed by atoms with Gasteiger partial charge in [-0.15, -0.1) is 0 Å². The van der Waals surface area contributed by atoms with Gasteiger partial charge in [0.25, 0.3) is 0 Å². The molecule has 1 N–H and O–H groups in total. The van der Waals surface area contributed by atoms with E-state index < -0.39 is 17.9 Å². The maximum atomic E-state index is 13.3. The van der Waals surface area contributed by atoms with E-state index in [2.05, 4.69) is 4.99 Å². The summed E-state index contributed by atoms with van der Waals surface area (Å²) >= 11 is 0. The van der Waals surface area contributed by atoms with Gasteiger partial charge < -0.3 is 9.84 Å². The minimum atomic E-state index is -1.33. The number of likely N-dealkylation sites (N-methyl/N-ethyl adjacent to an activating group) is 1. The molecule has 1 heterocycles. The van der Waals surface area contributed by atoms with Gasteiger partial charge in [0.15, 0.2) is 24.3 Å². The van der Waals surface area contributed by atoms with Crippen molar-refractivity contribution in [3.8, 4) is 0 Å². The van der Waals surface area contributed by atoms with Crippen LogP contribution in [-0.2, 0) is 16.1 Å². The highest BCUT2D eigenvalue weighted by atomic mass is 19.2. The summed E-state index contributed by atoms with van der Waals surface area (Å²) in [6, 6.07) is 3.61. The van der Waals surface area contributed by atoms with Crippen LogP contribution in [0.15, 0.2) is 35.0 Å². The molecule has 1 aliphatic rings. The second-order valence-corrected chi connectivity index (χ2v) is 5.40. The van der Waals surface area contributed by atoms with Crippen LogP contribution >= 0.6 is 0 Å². The summed E-state index contributed by atoms with van der Waals surface area (Å²) in [7, 11) is 3.02. The molecule has 7 heteroatoms. The third kappa shape index (κ3) is 3.62. The number of quaternary nitrogens is 1. The van der Waals surface area contributed by atoms with Crippen molar-refractivity contribution in [2.75, 3.05) is 20.7 Å². The molecule has 1 aromatic carbocycles. The van der Waals surface area contributed by atoms with Crippen LogP contribution in [-0.4, -0.2) is 48.7 Å². The molecule has 0 bridgehead atoms. The predicted molar refractivity (Wildman–Crippen MR) is 75.7 cm³/mol. The number of halogens is 2. The normalized spacial score (nSPS) is 23.1. The molecule has 0 aliphatic carbocycles. The first-order valence-corrected chi connectivity index (χ1v) is 6.61. The molecule has 22 heavy (non-hydrogen) atoms. The predicted octanol–water partition coefficient (Wildman–Crippen LogP) is 1.37. The average molecular weight is 311 g/mol. The van der Waals surface area contributed by atoms with Crippen LogP contribution in [0.1, 0.15) is 5.56 Å². The van der Waals surface area contributed by atoms with E-state index in [9.17, 15) is 18.7 Å². The molecule has 0 saturated carbocycles. The Labute approximate surface area is 126 Å². The lowest BCUT2D eigenvalue weighted by Gasteiger charge is -2.28. The number of methoxy groups -OCH3 is 1. The van der Waals surface area contributed by atoms with Crippen LogP contribution in [0.3, 0.4) is 0 Å². The summed E-state index contributed by atoms with van der Waals surface area (Å²) < 4.78 is 31.0. The van der Waals surface area contributed by atoms with Gasteiger partial charge in [-0.05, 0) is 12.1 Å². The van der Waals surface area contributed by atoms with E-state index in [-0.39, 0.29) is 28.9 Å². The zero-order valence-electron chi connectivity index (χ0n) is 12.3. The molecule has 1 aromatic rings. The molecule has 2 unspecified atom stereocenters. The molecule has 5 nitrogen and oxygen atoms in total. The van der Waals surface area contributed by atoms with Crippen LogP contribution in [0.25, 0.3) is 0 Å². The van der Waals surface area contributed by atoms with Crippen molar-refractivity contribution in [2.45, 2.75) is 12.8 Å². The first-order valence-electron chi connectivity index (χ1n) is 6.61. The quantitative estimate of drug-likeness (QED) is 0.675. The smallest absolute Gasteiger partial charge is 0.220 e. The summed E-state index contributed by atoms with van der Waals surface area (Å²) in [4.78, 5) is 16.2. The molecule has 0 aromatic heterocycles. The number of benzene rings is 1. The zero-order valence-corrected chi connectivity index (χ0v) is 12.3. The van der Waals surface area contributed by atoms with Crippen LogP contribution < -0.4 is 0 Å². The van der Waals surface area contributed by atoms with Gasteiger partial charge in [0.2, 0.25) is 5.78 Å². The van der Waals surface area contributed by atoms with Crippen molar-refractivity contribution in [3.05, 3.63) is 47.2 Å². The minimum absolute atomic E-state index is 0.0226. The summed E-state index contributed by atoms with van der Waals surface area (Å²) in [6.45, 7) is 0.283. The first-order chi connectivity index (χ1) is 10.3. The van der Waals surface area contributed by atoms with Gasteiger partial charge in [-0.1, -0.05) is 6.07 Å². The van der Waals surface area contributed by atoms with Crippen molar-refractivity contribution >= 4 is 12.1 Å². The maximum Gasteiger partial charge on any atom is 0.220 e. The minimum Gasteiger partial charge on any atom is -0.364 e. The number of carbonyl (C=O) groups excluding carboxylic acids is 1. The number of aliphatic hydroxyl groups excluding tert-OH is 1. The van der Waals surface area contributed by atoms with E-state index in [1.165, 1.54) is 25.7 Å². The first kappa shape index (κ1) is 16.4. The van der Waals surface area contributed by atoms with Crippen molar-refractivity contribution in [1.82, 2.24) is 0 Å². The van der Waals surface area contributed by atoms with Crippen LogP contribution in [0, 0.1) is 11.6 Å². The fourth-order valence-corrected chi connectivity index (χ4v) is 2.29. The van der Waals surface area contributed by atoms with Gasteiger partial charge >= 0.3 is 0 Å². The molecule has 118 valence electrons. The number of nitrogens with zero attached hydrogens (tertiary/aromatic N) is 2. The van der Waals surface area contributed by atoms with E-state index in [1.54, 1.807) is 7.05 Å². The Bertz CT molecular complexity index is 646. The van der Waals surface area contributed by atoms with E-state index in [1.807, 2.05) is 0 Å². The average Bonchev–Trinajstić information content (AvgIpc) is 2.60. The van der Waals surface area contributed by atoms with Gasteiger partial charge in [-0.25, -0.2) is 13.8 Å². The number of Topliss-reactive ketones (excluding diaryl/α,β-unsaturated/α-hetero) is 1. The second-order valence-electron chi connectivity index (χ2n) is 5.40. The second kappa shape index (κ2) is 6.43. The summed E-state index contributed by atoms with van der Waals surface area (Å²) in [5.41, 5.74) is 0.599. The van der Waals surface area contributed by atoms with E-state index >= 15 is 0 Å². The van der Waals surface area contributed by atoms with E-state index in [0.717, 1.165) is 12.1 Å². The third-order valence-corrected chi connectivity index (χ3v) is 3.40. The number of aliphatic imine (C=N–C) groups is 1. The van der Waals surface area contributed by atoms with Crippen molar-refractivity contribution in [1.29, 1.82) is 0 Å². The lowest BCUT2D eigenvalue weighted by molar-refractivity contribution is -0.819. The maximum absolute atomic E-state index is 13.3. The standard InChI is InChI=1S/C15H17F2N2O3/c1-19(7-10-3-4-12(16)13(17)5-10)8-14(20)11(6-18-9-19)15(21)22-2/h3-6,9,15,21H,7-8H2,1-2H3/q+1. The van der Waals surface area contributed by atoms with Crippen molar-refractivity contribution in [2.24, 2.45) is 4.99 Å². The zero-order chi connectivity index (χ0) is 16.3. The Morgan fingerprint density at radius 2 is 2.14 bits per heavy atom. The topological polar surface area (TPSA) is 58.9 Å². The molecule has 2 rings (SSSR count). The number of aliphatic hydroxyl groups is 1. The highest BCUT2D eigenvalue weighted by molar-refractivity contribution is 5.97. The van der Waals surface area contributed by atoms with Crippen molar-refractivity contribution < 1.29 is 27.9 Å². The Hall–Kier alpha value is -1.96. The number of ketones is 1. The molecule has 2 atom stereocenters. The number of carbonyl (C=O) groups is 1. The lowest BCUT2D eigenvalue weighted by Crippen LogP contribution is -2.46. The summed E-state index contributed by atoms with van der Waals surface area (Å²) in [5, 5.41) is 9.62. The van der Waals surface area contributed by atoms with Gasteiger partial charge in [-0.2, -0.15) is 0 Å². The number of hydrogen-bond acceptors (Lipinski definition) is 4. The Balaban J connectivity index is 2.19. The number of hydrogen-bond donors (Lipinski definition) is 1. The highest BCUT2D eigenvalue weighted by Crippen LogP contribution is 2.18. The largest absolute Gasteiger partial charge is 0.364 e. The molecule has 0 spiro atoms. The van der Waals surface area contributed by atoms with Gasteiger partial charge in [0, 0.05) is 18.9 Å². The Kier molecular flexibility index (Phi) is 4.80. The van der Waals surface area contributed by atoms with Crippen LogP contribution in [0.2, 0.25) is 0 Å². The molecular formula is C15H17F2N2O3+. The lowest BCUT2D eigenvalue weighted by atomic mass is 10.1.